The van der Waals surface area contributed by atoms with Gasteiger partial charge < -0.3 is 50.8 Å². The Hall–Kier alpha value is -6.48. The van der Waals surface area contributed by atoms with Crippen molar-refractivity contribution in [3.05, 3.63) is 71.9 Å². The maximum Gasteiger partial charge on any atom is 0.419 e. The van der Waals surface area contributed by atoms with Crippen LogP contribution in [0.2, 0.25) is 0 Å². The maximum absolute atomic E-state index is 15.4. The molecule has 448 valence electrons. The van der Waals surface area contributed by atoms with Gasteiger partial charge in [0.15, 0.2) is 0 Å². The predicted octanol–water partition coefficient (Wildman–Crippen LogP) is 5.61. The molecule has 2 aromatic carbocycles. The Bertz CT molecular complexity index is 2860. The number of rotatable bonds is 10. The van der Waals surface area contributed by atoms with Crippen molar-refractivity contribution in [1.82, 2.24) is 45.9 Å². The van der Waals surface area contributed by atoms with Crippen molar-refractivity contribution in [2.75, 3.05) is 18.8 Å². The van der Waals surface area contributed by atoms with Crippen LogP contribution in [0.25, 0.3) is 10.9 Å². The summed E-state index contributed by atoms with van der Waals surface area (Å²) in [6, 6.07) is 6.55. The largest absolute Gasteiger partial charge is 0.443 e. The molecule has 0 spiro atoms. The minimum Gasteiger partial charge on any atom is -0.443 e. The third-order valence-electron chi connectivity index (χ3n) is 15.7. The molecule has 10 atom stereocenters. The number of benzene rings is 2. The smallest absolute Gasteiger partial charge is 0.419 e. The molecule has 21 heteroatoms. The Morgan fingerprint density at radius 2 is 1.20 bits per heavy atom. The number of fused-ring (bicyclic) bond motifs is 4. The molecule has 0 radical (unpaired) electrons. The number of carbonyl (C=O) groups is 9. The number of hydrogen-bond donors (Lipinski definition) is 5. The van der Waals surface area contributed by atoms with Crippen molar-refractivity contribution in [2.45, 2.75) is 212 Å². The van der Waals surface area contributed by atoms with Gasteiger partial charge in [0.05, 0.1) is 22.1 Å². The fourth-order valence-corrected chi connectivity index (χ4v) is 12.8. The predicted molar refractivity (Wildman–Crippen MR) is 313 cm³/mol. The van der Waals surface area contributed by atoms with Crippen LogP contribution in [0.4, 0.5) is 4.79 Å². The molecule has 0 aliphatic carbocycles. The van der Waals surface area contributed by atoms with Crippen LogP contribution in [-0.4, -0.2) is 162 Å². The summed E-state index contributed by atoms with van der Waals surface area (Å²) in [6.07, 6.45) is 1.81. The van der Waals surface area contributed by atoms with E-state index in [1.54, 1.807) is 70.3 Å². The summed E-state index contributed by atoms with van der Waals surface area (Å²) in [4.78, 5) is 138. The first kappa shape index (κ1) is 63.1. The Labute approximate surface area is 487 Å². The monoisotopic (exact) mass is 1150 g/mol. The van der Waals surface area contributed by atoms with Crippen molar-refractivity contribution >= 4 is 76.0 Å². The van der Waals surface area contributed by atoms with Gasteiger partial charge in [-0.15, -0.1) is 11.8 Å². The number of thioether (sulfide) groups is 1. The molecule has 4 aliphatic rings. The highest BCUT2D eigenvalue weighted by Crippen LogP contribution is 2.40. The van der Waals surface area contributed by atoms with Crippen LogP contribution in [-0.2, 0) is 60.7 Å². The van der Waals surface area contributed by atoms with Gasteiger partial charge in [-0.1, -0.05) is 82.6 Å². The number of carbonyl (C=O) groups excluding carboxylic acids is 9. The van der Waals surface area contributed by atoms with Crippen molar-refractivity contribution in [2.24, 2.45) is 11.8 Å². The van der Waals surface area contributed by atoms with Gasteiger partial charge in [0.1, 0.15) is 53.9 Å². The standard InChI is InChI=1S/C61H87N9O11S/c1-14-36(4)48-57(78)70-47(34-82-61(70,12)13)54(75)63-42(32-39-33-69(58(79)81-60(9,10)11)44-25-19-18-24-40(39)44)50(71)64-43(31-38-22-16-15-17-23-38)55(76)67-28-20-26-45(67)52(73)62-41(30-35(2)3)51(72)66-49(37(5)80-59(6,7)8)56(77)68-29-21-27-46(68)53(74)65-48/h15-19,22-25,33,35-37,41-43,45-49H,14,20-21,26-32,34H2,1-13H3,(H,62,73)(H,63,75)(H,64,71)(H,65,74)(H,66,72)/t36-,37+,41-,42-,43-,45-,46-,47-,48-,49-/m0/s1. The molecule has 0 bridgehead atoms. The Kier molecular flexibility index (Phi) is 20.0. The van der Waals surface area contributed by atoms with Gasteiger partial charge in [-0.05, 0) is 123 Å². The van der Waals surface area contributed by atoms with Gasteiger partial charge in [0.25, 0.3) is 0 Å². The molecule has 82 heavy (non-hydrogen) atoms. The average molecular weight is 1150 g/mol. The summed E-state index contributed by atoms with van der Waals surface area (Å²) in [6.45, 7) is 23.8. The fraction of sp³-hybridized carbons (Fsp3) is 0.623. The first-order valence-electron chi connectivity index (χ1n) is 29.1. The quantitative estimate of drug-likeness (QED) is 0.166. The van der Waals surface area contributed by atoms with Crippen LogP contribution in [0.5, 0.6) is 0 Å². The summed E-state index contributed by atoms with van der Waals surface area (Å²) in [5.74, 6) is -5.38. The zero-order valence-electron chi connectivity index (χ0n) is 50.1. The van der Waals surface area contributed by atoms with E-state index in [4.69, 9.17) is 9.47 Å². The van der Waals surface area contributed by atoms with Crippen LogP contribution >= 0.6 is 11.8 Å². The van der Waals surface area contributed by atoms with E-state index in [2.05, 4.69) is 26.6 Å². The lowest BCUT2D eigenvalue weighted by atomic mass is 9.95. The SMILES string of the molecule is CC[C@H](C)[C@@H]1NC(=O)[C@@H]2CCCN2C(=O)[C@H]([C@@H](C)OC(C)(C)C)NC(=O)[C@H](CC(C)C)NC(=O)[C@@H]2CCCN2C(=O)[C@H](Cc2ccccc2)NC(=O)[C@H](Cc2cn(C(=O)OC(C)(C)C)c3ccccc23)NC(=O)[C@@H]2CSC(C)(C)N2C1=O. The summed E-state index contributed by atoms with van der Waals surface area (Å²) in [5, 5.41) is 15.4. The lowest BCUT2D eigenvalue weighted by Crippen LogP contribution is -2.64. The number of aromatic nitrogens is 1. The number of hydrogen-bond acceptors (Lipinski definition) is 12. The van der Waals surface area contributed by atoms with Crippen molar-refractivity contribution in [3.8, 4) is 0 Å². The van der Waals surface area contributed by atoms with Gasteiger partial charge in [-0.2, -0.15) is 0 Å². The summed E-state index contributed by atoms with van der Waals surface area (Å²) < 4.78 is 13.5. The third kappa shape index (κ3) is 15.0. The van der Waals surface area contributed by atoms with E-state index in [1.807, 2.05) is 80.5 Å². The molecule has 5 N–H and O–H groups in total. The number of ether oxygens (including phenoxy) is 2. The molecule has 0 saturated carbocycles. The van der Waals surface area contributed by atoms with Crippen LogP contribution in [0.15, 0.2) is 60.8 Å². The zero-order chi connectivity index (χ0) is 60.2. The van der Waals surface area contributed by atoms with Gasteiger partial charge in [0.2, 0.25) is 47.3 Å². The molecule has 3 aromatic rings. The third-order valence-corrected chi connectivity index (χ3v) is 17.1. The molecule has 4 aliphatic heterocycles. The Balaban J connectivity index is 1.35. The molecular weight excluding hydrogens is 1070 g/mol. The molecule has 4 fully saturated rings. The fourth-order valence-electron chi connectivity index (χ4n) is 11.6. The number of amides is 8. The van der Waals surface area contributed by atoms with Crippen molar-refractivity contribution in [1.29, 1.82) is 0 Å². The van der Waals surface area contributed by atoms with Gasteiger partial charge in [-0.3, -0.25) is 42.9 Å². The van der Waals surface area contributed by atoms with E-state index in [1.165, 1.54) is 31.0 Å². The lowest BCUT2D eigenvalue weighted by Gasteiger charge is -2.39. The Morgan fingerprint density at radius 1 is 0.646 bits per heavy atom. The lowest BCUT2D eigenvalue weighted by molar-refractivity contribution is -0.150. The average Bonchev–Trinajstić information content (AvgIpc) is 4.10. The normalized spacial score (nSPS) is 26.5. The topological polar surface area (TPSA) is 247 Å². The molecule has 0 unspecified atom stereocenters. The first-order chi connectivity index (χ1) is 38.5. The number of para-hydroxylation sites is 1. The van der Waals surface area contributed by atoms with E-state index in [0.29, 0.717) is 41.3 Å². The summed E-state index contributed by atoms with van der Waals surface area (Å²) in [5.41, 5.74) is 0.0666. The molecule has 1 aromatic heterocycles. The number of nitrogens with zero attached hydrogens (tertiary/aromatic N) is 4. The van der Waals surface area contributed by atoms with E-state index < -0.39 is 130 Å². The highest BCUT2D eigenvalue weighted by Gasteiger charge is 2.51. The minimum absolute atomic E-state index is 0.00613. The van der Waals surface area contributed by atoms with E-state index >= 15 is 24.0 Å². The van der Waals surface area contributed by atoms with Crippen molar-refractivity contribution in [3.63, 3.8) is 0 Å². The second-order valence-corrected chi connectivity index (χ2v) is 27.0. The maximum atomic E-state index is 15.4. The van der Waals surface area contributed by atoms with Crippen LogP contribution < -0.4 is 26.6 Å². The minimum atomic E-state index is -1.42. The highest BCUT2D eigenvalue weighted by molar-refractivity contribution is 8.00. The molecule has 8 amide bonds. The second-order valence-electron chi connectivity index (χ2n) is 25.4. The van der Waals surface area contributed by atoms with Crippen molar-refractivity contribution < 1.29 is 52.6 Å². The molecule has 5 heterocycles. The molecular formula is C61H87N9O11S. The number of nitrogens with one attached hydrogen (secondary N) is 5. The van der Waals surface area contributed by atoms with Gasteiger partial charge in [-0.25, -0.2) is 4.79 Å². The second kappa shape index (κ2) is 26.0. The van der Waals surface area contributed by atoms with Crippen LogP contribution in [0.3, 0.4) is 0 Å². The van der Waals surface area contributed by atoms with E-state index in [-0.39, 0.29) is 56.9 Å². The van der Waals surface area contributed by atoms with E-state index in [0.717, 1.165) is 0 Å². The highest BCUT2D eigenvalue weighted by atomic mass is 32.2. The van der Waals surface area contributed by atoms with E-state index in [9.17, 15) is 19.2 Å². The van der Waals surface area contributed by atoms with Crippen LogP contribution in [0, 0.1) is 11.8 Å². The first-order valence-corrected chi connectivity index (χ1v) is 30.1. The molecule has 20 nitrogen and oxygen atoms in total. The zero-order valence-corrected chi connectivity index (χ0v) is 50.9. The van der Waals surface area contributed by atoms with Crippen LogP contribution in [0.1, 0.15) is 140 Å². The van der Waals surface area contributed by atoms with Gasteiger partial charge in [0, 0.05) is 43.3 Å². The Morgan fingerprint density at radius 3 is 1.80 bits per heavy atom. The molecule has 7 rings (SSSR count). The summed E-state index contributed by atoms with van der Waals surface area (Å²) >= 11 is 1.36. The summed E-state index contributed by atoms with van der Waals surface area (Å²) in [7, 11) is 0. The van der Waals surface area contributed by atoms with Gasteiger partial charge >= 0.3 is 6.09 Å². The molecule has 4 saturated heterocycles.